The summed E-state index contributed by atoms with van der Waals surface area (Å²) in [7, 11) is 0. The fraction of sp³-hybridized carbons (Fsp3) is 0.588. The first-order valence-corrected chi connectivity index (χ1v) is 7.72. The molecule has 1 unspecified atom stereocenters. The van der Waals surface area contributed by atoms with Crippen LogP contribution in [0.4, 0.5) is 0 Å². The second-order valence-electron chi connectivity index (χ2n) is 5.17. The molecule has 112 valence electrons. The molecule has 0 saturated carbocycles. The molecule has 0 spiro atoms. The molecule has 0 aliphatic rings. The summed E-state index contributed by atoms with van der Waals surface area (Å²) in [5.74, 6) is 0.806. The first-order valence-electron chi connectivity index (χ1n) is 7.72. The molecule has 0 aromatic heterocycles. The molecular formula is C17H28N2O. The quantitative estimate of drug-likeness (QED) is 0.703. The number of rotatable bonds is 9. The lowest BCUT2D eigenvalue weighted by atomic mass is 9.98. The van der Waals surface area contributed by atoms with E-state index in [0.717, 1.165) is 32.6 Å². The molecule has 0 aliphatic carbocycles. The molecule has 1 aromatic rings. The Morgan fingerprint density at radius 1 is 1.15 bits per heavy atom. The smallest absolute Gasteiger partial charge is 0.223 e. The van der Waals surface area contributed by atoms with Gasteiger partial charge in [-0.2, -0.15) is 0 Å². The van der Waals surface area contributed by atoms with E-state index < -0.39 is 0 Å². The molecule has 1 rings (SSSR count). The Kier molecular flexibility index (Phi) is 7.97. The van der Waals surface area contributed by atoms with Crippen molar-refractivity contribution in [1.29, 1.82) is 0 Å². The first kappa shape index (κ1) is 16.7. The number of hydrogen-bond donors (Lipinski definition) is 1. The zero-order chi connectivity index (χ0) is 14.8. The zero-order valence-corrected chi connectivity index (χ0v) is 13.1. The fourth-order valence-electron chi connectivity index (χ4n) is 2.32. The monoisotopic (exact) mass is 276 g/mol. The molecule has 0 bridgehead atoms. The molecule has 0 radical (unpaired) electrons. The maximum atomic E-state index is 11.8. The average molecular weight is 276 g/mol. The van der Waals surface area contributed by atoms with Gasteiger partial charge < -0.3 is 10.2 Å². The Hall–Kier alpha value is -1.35. The maximum absolute atomic E-state index is 11.8. The minimum atomic E-state index is 0.249. The van der Waals surface area contributed by atoms with Crippen LogP contribution in [-0.4, -0.2) is 37.0 Å². The van der Waals surface area contributed by atoms with Crippen LogP contribution >= 0.6 is 0 Å². The Balaban J connectivity index is 2.15. The van der Waals surface area contributed by atoms with Crippen molar-refractivity contribution in [3.05, 3.63) is 35.9 Å². The summed E-state index contributed by atoms with van der Waals surface area (Å²) in [5.41, 5.74) is 1.38. The van der Waals surface area contributed by atoms with Gasteiger partial charge in [0.2, 0.25) is 5.91 Å². The summed E-state index contributed by atoms with van der Waals surface area (Å²) in [6.45, 7) is 9.64. The van der Waals surface area contributed by atoms with Gasteiger partial charge >= 0.3 is 0 Å². The highest BCUT2D eigenvalue weighted by Gasteiger charge is 2.08. The van der Waals surface area contributed by atoms with Crippen LogP contribution in [-0.2, 0) is 4.79 Å². The van der Waals surface area contributed by atoms with Crippen molar-refractivity contribution in [3.8, 4) is 0 Å². The van der Waals surface area contributed by atoms with Crippen molar-refractivity contribution in [2.45, 2.75) is 39.5 Å². The van der Waals surface area contributed by atoms with E-state index in [2.05, 4.69) is 36.5 Å². The SMILES string of the molecule is CCN(CC)C(=O)CCNCCC(C)c1ccccc1. The second kappa shape index (κ2) is 9.54. The van der Waals surface area contributed by atoms with E-state index in [1.807, 2.05) is 24.8 Å². The minimum absolute atomic E-state index is 0.249. The number of carbonyl (C=O) groups is 1. The molecule has 1 amide bonds. The normalized spacial score (nSPS) is 12.2. The summed E-state index contributed by atoms with van der Waals surface area (Å²) in [6, 6.07) is 10.6. The van der Waals surface area contributed by atoms with Gasteiger partial charge in [0.05, 0.1) is 0 Å². The highest BCUT2D eigenvalue weighted by atomic mass is 16.2. The van der Waals surface area contributed by atoms with Crippen LogP contribution in [0.3, 0.4) is 0 Å². The van der Waals surface area contributed by atoms with Gasteiger partial charge in [-0.3, -0.25) is 4.79 Å². The van der Waals surface area contributed by atoms with Crippen LogP contribution in [0.15, 0.2) is 30.3 Å². The van der Waals surface area contributed by atoms with Crippen LogP contribution in [0.5, 0.6) is 0 Å². The van der Waals surface area contributed by atoms with Crippen LogP contribution in [0.2, 0.25) is 0 Å². The number of amides is 1. The van der Waals surface area contributed by atoms with E-state index in [1.165, 1.54) is 5.56 Å². The van der Waals surface area contributed by atoms with Crippen molar-refractivity contribution in [3.63, 3.8) is 0 Å². The van der Waals surface area contributed by atoms with Gasteiger partial charge in [-0.05, 0) is 38.3 Å². The van der Waals surface area contributed by atoms with Crippen LogP contribution in [0.25, 0.3) is 0 Å². The average Bonchev–Trinajstić information content (AvgIpc) is 2.49. The maximum Gasteiger partial charge on any atom is 0.223 e. The van der Waals surface area contributed by atoms with Gasteiger partial charge in [-0.1, -0.05) is 37.3 Å². The van der Waals surface area contributed by atoms with Crippen LogP contribution in [0, 0.1) is 0 Å². The topological polar surface area (TPSA) is 32.3 Å². The van der Waals surface area contributed by atoms with Crippen LogP contribution in [0.1, 0.15) is 45.1 Å². The number of hydrogen-bond acceptors (Lipinski definition) is 2. The summed E-state index contributed by atoms with van der Waals surface area (Å²) in [4.78, 5) is 13.7. The molecule has 0 aliphatic heterocycles. The number of nitrogens with one attached hydrogen (secondary N) is 1. The predicted octanol–water partition coefficient (Wildman–Crippen LogP) is 3.03. The third-order valence-corrected chi connectivity index (χ3v) is 3.75. The largest absolute Gasteiger partial charge is 0.343 e. The lowest BCUT2D eigenvalue weighted by Gasteiger charge is -2.18. The Bertz CT molecular complexity index is 374. The van der Waals surface area contributed by atoms with Gasteiger partial charge in [0, 0.05) is 26.1 Å². The van der Waals surface area contributed by atoms with E-state index in [0.29, 0.717) is 12.3 Å². The van der Waals surface area contributed by atoms with Crippen molar-refractivity contribution < 1.29 is 4.79 Å². The van der Waals surface area contributed by atoms with Gasteiger partial charge in [-0.25, -0.2) is 0 Å². The van der Waals surface area contributed by atoms with E-state index >= 15 is 0 Å². The lowest BCUT2D eigenvalue weighted by molar-refractivity contribution is -0.130. The van der Waals surface area contributed by atoms with Crippen molar-refractivity contribution in [2.75, 3.05) is 26.2 Å². The molecule has 1 atom stereocenters. The number of carbonyl (C=O) groups excluding carboxylic acids is 1. The van der Waals surface area contributed by atoms with Crippen molar-refractivity contribution in [2.24, 2.45) is 0 Å². The molecule has 0 fully saturated rings. The van der Waals surface area contributed by atoms with E-state index in [1.54, 1.807) is 0 Å². The summed E-state index contributed by atoms with van der Waals surface area (Å²) in [5, 5.41) is 3.37. The molecular weight excluding hydrogens is 248 g/mol. The van der Waals surface area contributed by atoms with Gasteiger partial charge in [0.1, 0.15) is 0 Å². The van der Waals surface area contributed by atoms with Crippen molar-refractivity contribution >= 4 is 5.91 Å². The van der Waals surface area contributed by atoms with Crippen LogP contribution < -0.4 is 5.32 Å². The summed E-state index contributed by atoms with van der Waals surface area (Å²) < 4.78 is 0. The second-order valence-corrected chi connectivity index (χ2v) is 5.17. The Morgan fingerprint density at radius 2 is 1.80 bits per heavy atom. The first-order chi connectivity index (χ1) is 9.69. The third-order valence-electron chi connectivity index (χ3n) is 3.75. The molecule has 1 aromatic carbocycles. The minimum Gasteiger partial charge on any atom is -0.343 e. The van der Waals surface area contributed by atoms with Gasteiger partial charge in [0.15, 0.2) is 0 Å². The zero-order valence-electron chi connectivity index (χ0n) is 13.1. The van der Waals surface area contributed by atoms with Gasteiger partial charge in [0.25, 0.3) is 0 Å². The number of nitrogens with zero attached hydrogens (tertiary/aromatic N) is 1. The number of benzene rings is 1. The van der Waals surface area contributed by atoms with Gasteiger partial charge in [-0.15, -0.1) is 0 Å². The standard InChI is InChI=1S/C17H28N2O/c1-4-19(5-2)17(20)12-14-18-13-11-15(3)16-9-7-6-8-10-16/h6-10,15,18H,4-5,11-14H2,1-3H3. The predicted molar refractivity (Wildman–Crippen MR) is 84.9 cm³/mol. The molecule has 1 N–H and O–H groups in total. The van der Waals surface area contributed by atoms with E-state index in [-0.39, 0.29) is 5.91 Å². The van der Waals surface area contributed by atoms with Crippen molar-refractivity contribution in [1.82, 2.24) is 10.2 Å². The summed E-state index contributed by atoms with van der Waals surface area (Å²) >= 11 is 0. The molecule has 0 saturated heterocycles. The molecule has 3 nitrogen and oxygen atoms in total. The highest BCUT2D eigenvalue weighted by Crippen LogP contribution is 2.17. The lowest BCUT2D eigenvalue weighted by Crippen LogP contribution is -2.33. The van der Waals surface area contributed by atoms with E-state index in [9.17, 15) is 4.79 Å². The Morgan fingerprint density at radius 3 is 2.40 bits per heavy atom. The fourth-order valence-corrected chi connectivity index (χ4v) is 2.32. The molecule has 3 heteroatoms. The third kappa shape index (κ3) is 5.74. The molecule has 0 heterocycles. The highest BCUT2D eigenvalue weighted by molar-refractivity contribution is 5.76. The summed E-state index contributed by atoms with van der Waals surface area (Å²) in [6.07, 6.45) is 1.70. The molecule has 20 heavy (non-hydrogen) atoms. The Labute approximate surface area is 123 Å². The van der Waals surface area contributed by atoms with E-state index in [4.69, 9.17) is 0 Å².